The molecule has 0 aliphatic carbocycles. The molecule has 0 aromatic heterocycles. The van der Waals surface area contributed by atoms with Gasteiger partial charge in [0.1, 0.15) is 6.61 Å². The van der Waals surface area contributed by atoms with Gasteiger partial charge in [0.25, 0.3) is 5.69 Å². The number of hydrogen-bond donors (Lipinski definition) is 0. The van der Waals surface area contributed by atoms with Crippen LogP contribution in [0.3, 0.4) is 0 Å². The van der Waals surface area contributed by atoms with Crippen molar-refractivity contribution in [1.29, 1.82) is 0 Å². The van der Waals surface area contributed by atoms with Crippen LogP contribution in [0.2, 0.25) is 5.02 Å². The lowest BCUT2D eigenvalue weighted by Gasteiger charge is -2.09. The minimum absolute atomic E-state index is 0.111. The van der Waals surface area contributed by atoms with Crippen molar-refractivity contribution in [2.24, 2.45) is 0 Å². The summed E-state index contributed by atoms with van der Waals surface area (Å²) < 4.78 is 32.2. The molecule has 110 valence electrons. The quantitative estimate of drug-likeness (QED) is 0.433. The van der Waals surface area contributed by atoms with Crippen LogP contribution in [-0.4, -0.2) is 4.92 Å². The fraction of sp³-hybridized carbons (Fsp3) is 0.0769. The summed E-state index contributed by atoms with van der Waals surface area (Å²) in [6, 6.07) is 6.06. The second-order valence-electron chi connectivity index (χ2n) is 4.02. The van der Waals surface area contributed by atoms with E-state index in [2.05, 4.69) is 15.9 Å². The molecule has 8 heteroatoms. The number of benzene rings is 2. The molecule has 2 rings (SSSR count). The number of nitro benzene ring substituents is 1. The van der Waals surface area contributed by atoms with E-state index in [4.69, 9.17) is 16.3 Å². The summed E-state index contributed by atoms with van der Waals surface area (Å²) >= 11 is 8.91. The third kappa shape index (κ3) is 3.68. The number of non-ortho nitro benzene ring substituents is 1. The average molecular weight is 379 g/mol. The highest BCUT2D eigenvalue weighted by Crippen LogP contribution is 2.28. The maximum Gasteiger partial charge on any atom is 0.270 e. The molecule has 0 saturated carbocycles. The van der Waals surface area contributed by atoms with Gasteiger partial charge in [-0.2, -0.15) is 4.39 Å². The molecule has 0 radical (unpaired) electrons. The van der Waals surface area contributed by atoms with Crippen LogP contribution in [0, 0.1) is 21.7 Å². The summed E-state index contributed by atoms with van der Waals surface area (Å²) in [6.07, 6.45) is 0. The molecular formula is C13H7BrClF2NO3. The predicted octanol–water partition coefficient (Wildman–Crippen LogP) is 4.87. The fourth-order valence-corrected chi connectivity index (χ4v) is 2.20. The zero-order valence-electron chi connectivity index (χ0n) is 10.3. The summed E-state index contributed by atoms with van der Waals surface area (Å²) in [5.74, 6) is -2.44. The van der Waals surface area contributed by atoms with E-state index in [0.29, 0.717) is 10.0 Å². The summed E-state index contributed by atoms with van der Waals surface area (Å²) in [5.41, 5.74) is 0.255. The van der Waals surface area contributed by atoms with E-state index in [1.165, 1.54) is 18.2 Å². The molecule has 0 bridgehead atoms. The molecule has 2 aromatic carbocycles. The van der Waals surface area contributed by atoms with Crippen LogP contribution in [0.5, 0.6) is 5.75 Å². The Labute approximate surface area is 131 Å². The van der Waals surface area contributed by atoms with Gasteiger partial charge in [0, 0.05) is 22.2 Å². The smallest absolute Gasteiger partial charge is 0.270 e. The lowest BCUT2D eigenvalue weighted by molar-refractivity contribution is -0.384. The molecule has 0 N–H and O–H groups in total. The van der Waals surface area contributed by atoms with Gasteiger partial charge in [0.2, 0.25) is 5.82 Å². The van der Waals surface area contributed by atoms with Crippen molar-refractivity contribution in [3.8, 4) is 5.75 Å². The number of rotatable bonds is 4. The van der Waals surface area contributed by atoms with Gasteiger partial charge in [-0.25, -0.2) is 4.39 Å². The first-order valence-corrected chi connectivity index (χ1v) is 6.75. The van der Waals surface area contributed by atoms with Crippen LogP contribution >= 0.6 is 27.5 Å². The molecule has 4 nitrogen and oxygen atoms in total. The molecule has 0 saturated heterocycles. The van der Waals surface area contributed by atoms with Crippen molar-refractivity contribution in [3.63, 3.8) is 0 Å². The van der Waals surface area contributed by atoms with E-state index >= 15 is 0 Å². The molecule has 0 heterocycles. The normalized spacial score (nSPS) is 10.5. The van der Waals surface area contributed by atoms with Gasteiger partial charge in [-0.3, -0.25) is 10.1 Å². The SMILES string of the molecule is O=[N+]([O-])c1ccc(COc2cc(Br)cc(F)c2F)c(Cl)c1. The van der Waals surface area contributed by atoms with Crippen LogP contribution in [0.1, 0.15) is 5.56 Å². The molecule has 0 aliphatic rings. The minimum Gasteiger partial charge on any atom is -0.486 e. The third-order valence-corrected chi connectivity index (χ3v) is 3.40. The number of hydrogen-bond acceptors (Lipinski definition) is 3. The first kappa shape index (κ1) is 15.7. The summed E-state index contributed by atoms with van der Waals surface area (Å²) in [6.45, 7) is -0.149. The van der Waals surface area contributed by atoms with Crippen molar-refractivity contribution in [1.82, 2.24) is 0 Å². The van der Waals surface area contributed by atoms with E-state index in [1.54, 1.807) is 0 Å². The number of halogens is 4. The molecule has 0 aliphatic heterocycles. The highest BCUT2D eigenvalue weighted by Gasteiger charge is 2.13. The van der Waals surface area contributed by atoms with E-state index < -0.39 is 16.6 Å². The molecule has 0 atom stereocenters. The number of nitrogens with zero attached hydrogens (tertiary/aromatic N) is 1. The van der Waals surface area contributed by atoms with Crippen LogP contribution in [0.25, 0.3) is 0 Å². The minimum atomic E-state index is -1.11. The summed E-state index contributed by atoms with van der Waals surface area (Å²) in [7, 11) is 0. The Hall–Kier alpha value is -1.73. The Morgan fingerprint density at radius 3 is 2.62 bits per heavy atom. The molecule has 2 aromatic rings. The van der Waals surface area contributed by atoms with Crippen LogP contribution in [0.4, 0.5) is 14.5 Å². The monoisotopic (exact) mass is 377 g/mol. The van der Waals surface area contributed by atoms with Gasteiger partial charge in [0.05, 0.1) is 9.95 Å². The van der Waals surface area contributed by atoms with Crippen LogP contribution < -0.4 is 4.74 Å². The van der Waals surface area contributed by atoms with Crippen molar-refractivity contribution in [2.45, 2.75) is 6.61 Å². The fourth-order valence-electron chi connectivity index (χ4n) is 1.56. The molecule has 0 spiro atoms. The Bertz CT molecular complexity index is 712. The second kappa shape index (κ2) is 6.36. The second-order valence-corrected chi connectivity index (χ2v) is 5.34. The Kier molecular flexibility index (Phi) is 4.74. The zero-order chi connectivity index (χ0) is 15.6. The first-order valence-electron chi connectivity index (χ1n) is 5.58. The molecule has 0 fully saturated rings. The lowest BCUT2D eigenvalue weighted by atomic mass is 10.2. The van der Waals surface area contributed by atoms with Crippen molar-refractivity contribution in [2.75, 3.05) is 0 Å². The van der Waals surface area contributed by atoms with E-state index in [9.17, 15) is 18.9 Å². The highest BCUT2D eigenvalue weighted by molar-refractivity contribution is 9.10. The molecule has 21 heavy (non-hydrogen) atoms. The Balaban J connectivity index is 2.19. The van der Waals surface area contributed by atoms with Crippen molar-refractivity contribution in [3.05, 3.63) is 67.1 Å². The Morgan fingerprint density at radius 1 is 1.29 bits per heavy atom. The van der Waals surface area contributed by atoms with E-state index in [0.717, 1.165) is 12.1 Å². The molecule has 0 unspecified atom stereocenters. The van der Waals surface area contributed by atoms with Gasteiger partial charge in [-0.15, -0.1) is 0 Å². The van der Waals surface area contributed by atoms with Gasteiger partial charge < -0.3 is 4.74 Å². The average Bonchev–Trinajstić information content (AvgIpc) is 2.42. The van der Waals surface area contributed by atoms with Gasteiger partial charge in [-0.1, -0.05) is 27.5 Å². The number of nitro groups is 1. The number of ether oxygens (including phenoxy) is 1. The van der Waals surface area contributed by atoms with Crippen LogP contribution in [-0.2, 0) is 6.61 Å². The standard InChI is InChI=1S/C13H7BrClF2NO3/c14-8-3-11(16)13(17)12(4-8)21-6-7-1-2-9(18(19)20)5-10(7)15/h1-5H,6H2. The maximum absolute atomic E-state index is 13.5. The van der Waals surface area contributed by atoms with Gasteiger partial charge >= 0.3 is 0 Å². The highest BCUT2D eigenvalue weighted by atomic mass is 79.9. The largest absolute Gasteiger partial charge is 0.486 e. The first-order chi connectivity index (χ1) is 9.88. The van der Waals surface area contributed by atoms with Gasteiger partial charge in [0.15, 0.2) is 11.6 Å². The lowest BCUT2D eigenvalue weighted by Crippen LogP contribution is -2.00. The van der Waals surface area contributed by atoms with E-state index in [1.807, 2.05) is 0 Å². The van der Waals surface area contributed by atoms with Crippen molar-refractivity contribution >= 4 is 33.2 Å². The summed E-state index contributed by atoms with van der Waals surface area (Å²) in [4.78, 5) is 10.00. The molecule has 0 amide bonds. The third-order valence-electron chi connectivity index (χ3n) is 2.59. The van der Waals surface area contributed by atoms with Crippen molar-refractivity contribution < 1.29 is 18.4 Å². The van der Waals surface area contributed by atoms with E-state index in [-0.39, 0.29) is 23.1 Å². The summed E-state index contributed by atoms with van der Waals surface area (Å²) in [5, 5.41) is 10.7. The Morgan fingerprint density at radius 2 is 2.00 bits per heavy atom. The van der Waals surface area contributed by atoms with Crippen LogP contribution in [0.15, 0.2) is 34.8 Å². The molecular weight excluding hydrogens is 372 g/mol. The topological polar surface area (TPSA) is 52.4 Å². The zero-order valence-corrected chi connectivity index (χ0v) is 12.6. The van der Waals surface area contributed by atoms with Gasteiger partial charge in [-0.05, 0) is 18.2 Å². The predicted molar refractivity (Wildman–Crippen MR) is 76.5 cm³/mol. The maximum atomic E-state index is 13.5.